The summed E-state index contributed by atoms with van der Waals surface area (Å²) in [5, 5.41) is 2.31. The maximum Gasteiger partial charge on any atom is 0.331 e. The normalized spacial score (nSPS) is 23.8. The van der Waals surface area contributed by atoms with Gasteiger partial charge < -0.3 is 0 Å². The number of carbonyl (C=O) groups is 3. The number of imide groups is 2. The standard InChI is InChI=1S/C14H15ClN2O3S/c15-10-6-5-9(21-10)7-17-13(19)11(8-3-1-2-4-8)12(18)16-14(17)20/h5-6,8,11H,1-4,7H2,(H,16,18,20). The fourth-order valence-electron chi connectivity index (χ4n) is 3.08. The van der Waals surface area contributed by atoms with Crippen LogP contribution in [0.5, 0.6) is 0 Å². The summed E-state index contributed by atoms with van der Waals surface area (Å²) >= 11 is 7.19. The van der Waals surface area contributed by atoms with E-state index in [1.54, 1.807) is 12.1 Å². The highest BCUT2D eigenvalue weighted by Gasteiger charge is 2.45. The van der Waals surface area contributed by atoms with E-state index in [0.717, 1.165) is 35.5 Å². The Labute approximate surface area is 131 Å². The summed E-state index contributed by atoms with van der Waals surface area (Å²) in [6.07, 6.45) is 3.82. The highest BCUT2D eigenvalue weighted by Crippen LogP contribution is 2.34. The predicted octanol–water partition coefficient (Wildman–Crippen LogP) is 2.79. The van der Waals surface area contributed by atoms with Gasteiger partial charge in [-0.15, -0.1) is 11.3 Å². The summed E-state index contributed by atoms with van der Waals surface area (Å²) in [6, 6.07) is 2.88. The first-order chi connectivity index (χ1) is 10.1. The molecule has 4 amide bonds. The second-order valence-corrected chi connectivity index (χ2v) is 7.25. The van der Waals surface area contributed by atoms with E-state index in [-0.39, 0.29) is 18.4 Å². The van der Waals surface area contributed by atoms with Crippen LogP contribution in [0, 0.1) is 11.8 Å². The summed E-state index contributed by atoms with van der Waals surface area (Å²) in [6.45, 7) is 0.165. The molecule has 1 aromatic rings. The van der Waals surface area contributed by atoms with E-state index < -0.39 is 17.9 Å². The number of urea groups is 1. The Morgan fingerprint density at radius 1 is 1.24 bits per heavy atom. The van der Waals surface area contributed by atoms with Crippen LogP contribution in [0.25, 0.3) is 0 Å². The highest BCUT2D eigenvalue weighted by molar-refractivity contribution is 7.16. The van der Waals surface area contributed by atoms with Crippen molar-refractivity contribution in [2.45, 2.75) is 32.2 Å². The molecule has 2 aliphatic rings. The number of halogens is 1. The zero-order valence-corrected chi connectivity index (χ0v) is 12.9. The van der Waals surface area contributed by atoms with Gasteiger partial charge >= 0.3 is 6.03 Å². The van der Waals surface area contributed by atoms with Crippen molar-refractivity contribution in [3.05, 3.63) is 21.3 Å². The molecule has 2 heterocycles. The van der Waals surface area contributed by atoms with Gasteiger partial charge in [-0.3, -0.25) is 19.8 Å². The molecule has 1 aliphatic heterocycles. The molecular weight excluding hydrogens is 312 g/mol. The minimum absolute atomic E-state index is 0.0556. The largest absolute Gasteiger partial charge is 0.331 e. The fourth-order valence-corrected chi connectivity index (χ4v) is 4.16. The SMILES string of the molecule is O=C1NC(=O)N(Cc2ccc(Cl)s2)C(=O)C1C1CCCC1. The van der Waals surface area contributed by atoms with Gasteiger partial charge in [0.15, 0.2) is 0 Å². The van der Waals surface area contributed by atoms with E-state index in [1.807, 2.05) is 0 Å². The molecule has 112 valence electrons. The van der Waals surface area contributed by atoms with Gasteiger partial charge in [0.1, 0.15) is 5.92 Å². The van der Waals surface area contributed by atoms with Crippen LogP contribution in [0.15, 0.2) is 12.1 Å². The molecule has 5 nitrogen and oxygen atoms in total. The summed E-state index contributed by atoms with van der Waals surface area (Å²) in [5.74, 6) is -1.49. The number of thiophene rings is 1. The van der Waals surface area contributed by atoms with E-state index in [2.05, 4.69) is 5.32 Å². The topological polar surface area (TPSA) is 66.5 Å². The number of amides is 4. The maximum absolute atomic E-state index is 12.6. The van der Waals surface area contributed by atoms with E-state index in [0.29, 0.717) is 4.34 Å². The molecule has 1 aliphatic carbocycles. The fraction of sp³-hybridized carbons (Fsp3) is 0.500. The van der Waals surface area contributed by atoms with Gasteiger partial charge in [0.2, 0.25) is 11.8 Å². The van der Waals surface area contributed by atoms with E-state index >= 15 is 0 Å². The maximum atomic E-state index is 12.6. The van der Waals surface area contributed by atoms with Crippen LogP contribution in [-0.2, 0) is 16.1 Å². The Hall–Kier alpha value is -1.40. The molecule has 1 saturated heterocycles. The van der Waals surface area contributed by atoms with Gasteiger partial charge in [0, 0.05) is 4.88 Å². The smallest absolute Gasteiger partial charge is 0.277 e. The number of hydrogen-bond donors (Lipinski definition) is 1. The van der Waals surface area contributed by atoms with Crippen molar-refractivity contribution in [2.75, 3.05) is 0 Å². The summed E-state index contributed by atoms with van der Waals surface area (Å²) in [5.41, 5.74) is 0. The van der Waals surface area contributed by atoms with Gasteiger partial charge in [-0.05, 0) is 30.9 Å². The molecule has 3 rings (SSSR count). The number of carbonyl (C=O) groups excluding carboxylic acids is 3. The first-order valence-electron chi connectivity index (χ1n) is 6.96. The average Bonchev–Trinajstić information content (AvgIpc) is 3.06. The third kappa shape index (κ3) is 2.82. The lowest BCUT2D eigenvalue weighted by atomic mass is 9.87. The van der Waals surface area contributed by atoms with Crippen LogP contribution in [0.4, 0.5) is 4.79 Å². The molecule has 1 unspecified atom stereocenters. The predicted molar refractivity (Wildman–Crippen MR) is 78.9 cm³/mol. The highest BCUT2D eigenvalue weighted by atomic mass is 35.5. The molecule has 0 aromatic carbocycles. The van der Waals surface area contributed by atoms with E-state index in [9.17, 15) is 14.4 Å². The summed E-state index contributed by atoms with van der Waals surface area (Å²) < 4.78 is 0.610. The van der Waals surface area contributed by atoms with E-state index in [4.69, 9.17) is 11.6 Å². The van der Waals surface area contributed by atoms with Gasteiger partial charge in [-0.1, -0.05) is 24.4 Å². The Morgan fingerprint density at radius 3 is 2.57 bits per heavy atom. The molecular formula is C14H15ClN2O3S. The van der Waals surface area contributed by atoms with Crippen molar-refractivity contribution in [1.82, 2.24) is 10.2 Å². The van der Waals surface area contributed by atoms with Gasteiger partial charge in [0.25, 0.3) is 0 Å². The summed E-state index contributed by atoms with van der Waals surface area (Å²) in [7, 11) is 0. The Balaban J connectivity index is 1.80. The molecule has 7 heteroatoms. The van der Waals surface area contributed by atoms with Crippen LogP contribution >= 0.6 is 22.9 Å². The van der Waals surface area contributed by atoms with E-state index in [1.165, 1.54) is 11.3 Å². The first kappa shape index (κ1) is 14.5. The zero-order chi connectivity index (χ0) is 15.0. The third-order valence-electron chi connectivity index (χ3n) is 4.10. The van der Waals surface area contributed by atoms with Crippen LogP contribution in [-0.4, -0.2) is 22.7 Å². The molecule has 1 atom stereocenters. The molecule has 0 bridgehead atoms. The lowest BCUT2D eigenvalue weighted by molar-refractivity contribution is -0.145. The zero-order valence-electron chi connectivity index (χ0n) is 11.3. The average molecular weight is 327 g/mol. The van der Waals surface area contributed by atoms with Crippen molar-refractivity contribution in [1.29, 1.82) is 0 Å². The second kappa shape index (κ2) is 5.77. The van der Waals surface area contributed by atoms with Gasteiger partial charge in [-0.2, -0.15) is 0 Å². The second-order valence-electron chi connectivity index (χ2n) is 5.45. The lowest BCUT2D eigenvalue weighted by Gasteiger charge is -2.32. The van der Waals surface area contributed by atoms with Crippen molar-refractivity contribution in [2.24, 2.45) is 11.8 Å². The number of hydrogen-bond acceptors (Lipinski definition) is 4. The lowest BCUT2D eigenvalue weighted by Crippen LogP contribution is -2.58. The number of rotatable bonds is 3. The molecule has 2 fully saturated rings. The van der Waals surface area contributed by atoms with Gasteiger partial charge in [0.05, 0.1) is 10.9 Å². The van der Waals surface area contributed by atoms with Crippen molar-refractivity contribution in [3.63, 3.8) is 0 Å². The van der Waals surface area contributed by atoms with Crippen LogP contribution < -0.4 is 5.32 Å². The number of nitrogens with zero attached hydrogens (tertiary/aromatic N) is 1. The van der Waals surface area contributed by atoms with Crippen molar-refractivity contribution in [3.8, 4) is 0 Å². The van der Waals surface area contributed by atoms with Crippen LogP contribution in [0.2, 0.25) is 4.34 Å². The molecule has 0 spiro atoms. The van der Waals surface area contributed by atoms with Gasteiger partial charge in [-0.25, -0.2) is 4.79 Å². The number of barbiturate groups is 1. The molecule has 1 saturated carbocycles. The molecule has 0 radical (unpaired) electrons. The first-order valence-corrected chi connectivity index (χ1v) is 8.16. The van der Waals surface area contributed by atoms with Crippen molar-refractivity contribution >= 4 is 40.8 Å². The molecule has 1 N–H and O–H groups in total. The number of nitrogens with one attached hydrogen (secondary N) is 1. The summed E-state index contributed by atoms with van der Waals surface area (Å²) in [4.78, 5) is 38.5. The van der Waals surface area contributed by atoms with Crippen molar-refractivity contribution < 1.29 is 14.4 Å². The quantitative estimate of drug-likeness (QED) is 0.868. The Bertz CT molecular complexity index is 595. The molecule has 1 aromatic heterocycles. The Morgan fingerprint density at radius 2 is 1.95 bits per heavy atom. The Kier molecular flexibility index (Phi) is 3.99. The monoisotopic (exact) mass is 326 g/mol. The third-order valence-corrected chi connectivity index (χ3v) is 5.32. The van der Waals surface area contributed by atoms with Crippen LogP contribution in [0.1, 0.15) is 30.6 Å². The van der Waals surface area contributed by atoms with Crippen LogP contribution in [0.3, 0.4) is 0 Å². The minimum atomic E-state index is -0.722. The molecule has 21 heavy (non-hydrogen) atoms. The minimum Gasteiger partial charge on any atom is -0.277 e.